The van der Waals surface area contributed by atoms with Crippen LogP contribution in [0, 0.1) is 5.92 Å². The molecule has 2 aromatic rings. The van der Waals surface area contributed by atoms with Crippen molar-refractivity contribution in [2.45, 2.75) is 13.8 Å². The number of nitrogens with two attached hydrogens (primary N) is 1. The summed E-state index contributed by atoms with van der Waals surface area (Å²) in [6, 6.07) is 10.8. The van der Waals surface area contributed by atoms with Gasteiger partial charge in [-0.2, -0.15) is 0 Å². The van der Waals surface area contributed by atoms with Crippen LogP contribution in [0.15, 0.2) is 48.4 Å². The lowest BCUT2D eigenvalue weighted by Gasteiger charge is -2.31. The molecular formula is C18H19N3O2. The highest BCUT2D eigenvalue weighted by molar-refractivity contribution is 6.10. The number of benzene rings is 1. The fourth-order valence-electron chi connectivity index (χ4n) is 2.47. The normalized spacial score (nSPS) is 15.7. The number of fused-ring (bicyclic) bond motifs is 1. The van der Waals surface area contributed by atoms with Crippen LogP contribution in [0.25, 0.3) is 6.08 Å². The van der Waals surface area contributed by atoms with E-state index in [0.29, 0.717) is 35.3 Å². The molecule has 1 aromatic carbocycles. The highest BCUT2D eigenvalue weighted by atomic mass is 16.5. The van der Waals surface area contributed by atoms with E-state index < -0.39 is 0 Å². The number of hydrogen-bond acceptors (Lipinski definition) is 4. The van der Waals surface area contributed by atoms with Crippen LogP contribution in [0.2, 0.25) is 0 Å². The molecule has 23 heavy (non-hydrogen) atoms. The average Bonchev–Trinajstić information content (AvgIpc) is 2.53. The molecule has 0 atom stereocenters. The topological polar surface area (TPSA) is 68.5 Å². The second-order valence-electron chi connectivity index (χ2n) is 5.90. The molecule has 1 aliphatic heterocycles. The third-order valence-electron chi connectivity index (χ3n) is 3.46. The number of pyridine rings is 1. The maximum atomic E-state index is 12.8. The molecular weight excluding hydrogens is 290 g/mol. The van der Waals surface area contributed by atoms with Crippen LogP contribution in [0.5, 0.6) is 5.75 Å². The molecule has 2 heterocycles. The van der Waals surface area contributed by atoms with Crippen molar-refractivity contribution in [1.82, 2.24) is 4.98 Å². The summed E-state index contributed by atoms with van der Waals surface area (Å²) in [6.07, 6.45) is 3.34. The highest BCUT2D eigenvalue weighted by Gasteiger charge is 2.30. The Morgan fingerprint density at radius 1 is 1.30 bits per heavy atom. The minimum Gasteiger partial charge on any atom is -0.449 e. The van der Waals surface area contributed by atoms with E-state index in [4.69, 9.17) is 10.5 Å². The van der Waals surface area contributed by atoms with Crippen molar-refractivity contribution in [2.75, 3.05) is 17.2 Å². The highest BCUT2D eigenvalue weighted by Crippen LogP contribution is 2.37. The Kier molecular flexibility index (Phi) is 4.02. The van der Waals surface area contributed by atoms with Crippen molar-refractivity contribution in [3.8, 4) is 5.75 Å². The molecule has 0 spiro atoms. The Morgan fingerprint density at radius 3 is 2.83 bits per heavy atom. The van der Waals surface area contributed by atoms with Gasteiger partial charge in [-0.25, -0.2) is 0 Å². The van der Waals surface area contributed by atoms with E-state index in [-0.39, 0.29) is 11.7 Å². The first-order valence-electron chi connectivity index (χ1n) is 7.56. The van der Waals surface area contributed by atoms with Crippen molar-refractivity contribution in [2.24, 2.45) is 5.92 Å². The summed E-state index contributed by atoms with van der Waals surface area (Å²) in [7, 11) is 0. The van der Waals surface area contributed by atoms with Crippen LogP contribution < -0.4 is 15.4 Å². The third kappa shape index (κ3) is 3.18. The van der Waals surface area contributed by atoms with Gasteiger partial charge in [0.2, 0.25) is 0 Å². The van der Waals surface area contributed by atoms with E-state index >= 15 is 0 Å². The van der Waals surface area contributed by atoms with Crippen LogP contribution in [0.1, 0.15) is 19.5 Å². The molecule has 0 bridgehead atoms. The van der Waals surface area contributed by atoms with Gasteiger partial charge in [0.25, 0.3) is 5.91 Å². The van der Waals surface area contributed by atoms with E-state index in [9.17, 15) is 4.79 Å². The molecule has 0 fully saturated rings. The van der Waals surface area contributed by atoms with Gasteiger partial charge in [0, 0.05) is 24.5 Å². The minimum absolute atomic E-state index is 0.178. The van der Waals surface area contributed by atoms with Crippen molar-refractivity contribution in [3.63, 3.8) is 0 Å². The number of nitrogen functional groups attached to an aromatic ring is 1. The first-order chi connectivity index (χ1) is 11.0. The fraction of sp³-hybridized carbons (Fsp3) is 0.222. The standard InChI is InChI=1S/C18H19N3O2/c1-12(2)11-21-15-9-13(19)6-7-16(15)23-17(18(21)22)10-14-5-3-4-8-20-14/h3-10,12H,11,19H2,1-2H3/b17-10+. The Balaban J connectivity index is 2.04. The summed E-state index contributed by atoms with van der Waals surface area (Å²) in [5.41, 5.74) is 7.85. The largest absolute Gasteiger partial charge is 0.449 e. The van der Waals surface area contributed by atoms with Gasteiger partial charge in [0.15, 0.2) is 11.5 Å². The van der Waals surface area contributed by atoms with Gasteiger partial charge in [-0.15, -0.1) is 0 Å². The summed E-state index contributed by atoms with van der Waals surface area (Å²) in [4.78, 5) is 18.7. The molecule has 0 aliphatic carbocycles. The third-order valence-corrected chi connectivity index (χ3v) is 3.46. The van der Waals surface area contributed by atoms with Gasteiger partial charge >= 0.3 is 0 Å². The predicted octanol–water partition coefficient (Wildman–Crippen LogP) is 3.09. The summed E-state index contributed by atoms with van der Waals surface area (Å²) in [5.74, 6) is 1.04. The number of carbonyl (C=O) groups excluding carboxylic acids is 1. The minimum atomic E-state index is -0.178. The summed E-state index contributed by atoms with van der Waals surface area (Å²) < 4.78 is 5.79. The molecule has 0 unspecified atom stereocenters. The quantitative estimate of drug-likeness (QED) is 0.699. The average molecular weight is 309 g/mol. The summed E-state index contributed by atoms with van der Waals surface area (Å²) in [5, 5.41) is 0. The Bertz CT molecular complexity index is 754. The summed E-state index contributed by atoms with van der Waals surface area (Å²) >= 11 is 0. The monoisotopic (exact) mass is 309 g/mol. The molecule has 2 N–H and O–H groups in total. The number of ether oxygens (including phenoxy) is 1. The van der Waals surface area contributed by atoms with E-state index in [1.165, 1.54) is 0 Å². The van der Waals surface area contributed by atoms with Crippen molar-refractivity contribution in [3.05, 3.63) is 54.0 Å². The Hall–Kier alpha value is -2.82. The SMILES string of the molecule is CC(C)CN1C(=O)/C(=C\c2ccccn2)Oc2ccc(N)cc21. The second-order valence-corrected chi connectivity index (χ2v) is 5.90. The number of anilines is 2. The lowest BCUT2D eigenvalue weighted by molar-refractivity contribution is -0.117. The van der Waals surface area contributed by atoms with Gasteiger partial charge < -0.3 is 15.4 Å². The van der Waals surface area contributed by atoms with Crippen molar-refractivity contribution >= 4 is 23.4 Å². The molecule has 0 radical (unpaired) electrons. The zero-order chi connectivity index (χ0) is 16.4. The molecule has 0 saturated heterocycles. The zero-order valence-corrected chi connectivity index (χ0v) is 13.2. The van der Waals surface area contributed by atoms with Crippen LogP contribution in [-0.2, 0) is 4.79 Å². The van der Waals surface area contributed by atoms with E-state index in [2.05, 4.69) is 18.8 Å². The molecule has 5 nitrogen and oxygen atoms in total. The lowest BCUT2D eigenvalue weighted by Crippen LogP contribution is -2.39. The van der Waals surface area contributed by atoms with E-state index in [1.807, 2.05) is 18.2 Å². The fourth-order valence-corrected chi connectivity index (χ4v) is 2.47. The molecule has 1 aromatic heterocycles. The number of rotatable bonds is 3. The number of nitrogens with zero attached hydrogens (tertiary/aromatic N) is 2. The van der Waals surface area contributed by atoms with Gasteiger partial charge in [0.05, 0.1) is 11.4 Å². The Labute approximate surface area is 135 Å². The number of amides is 1. The maximum absolute atomic E-state index is 12.8. The molecule has 118 valence electrons. The maximum Gasteiger partial charge on any atom is 0.294 e. The number of aromatic nitrogens is 1. The van der Waals surface area contributed by atoms with Crippen LogP contribution in [0.4, 0.5) is 11.4 Å². The van der Waals surface area contributed by atoms with Gasteiger partial charge in [-0.3, -0.25) is 9.78 Å². The molecule has 1 aliphatic rings. The molecule has 1 amide bonds. The zero-order valence-electron chi connectivity index (χ0n) is 13.2. The van der Waals surface area contributed by atoms with E-state index in [0.717, 1.165) is 0 Å². The molecule has 3 rings (SSSR count). The first-order valence-corrected chi connectivity index (χ1v) is 7.56. The van der Waals surface area contributed by atoms with Crippen molar-refractivity contribution < 1.29 is 9.53 Å². The lowest BCUT2D eigenvalue weighted by atomic mass is 10.1. The smallest absolute Gasteiger partial charge is 0.294 e. The van der Waals surface area contributed by atoms with Crippen molar-refractivity contribution in [1.29, 1.82) is 0 Å². The number of hydrogen-bond donors (Lipinski definition) is 1. The first kappa shape index (κ1) is 15.1. The van der Waals surface area contributed by atoms with Crippen LogP contribution in [0.3, 0.4) is 0 Å². The van der Waals surface area contributed by atoms with Crippen LogP contribution in [-0.4, -0.2) is 17.4 Å². The Morgan fingerprint density at radius 2 is 2.13 bits per heavy atom. The molecule has 0 saturated carbocycles. The second kappa shape index (κ2) is 6.12. The predicted molar refractivity (Wildman–Crippen MR) is 90.9 cm³/mol. The molecule has 5 heteroatoms. The van der Waals surface area contributed by atoms with E-state index in [1.54, 1.807) is 35.4 Å². The number of carbonyl (C=O) groups is 1. The van der Waals surface area contributed by atoms with Gasteiger partial charge in [-0.1, -0.05) is 19.9 Å². The van der Waals surface area contributed by atoms with Gasteiger partial charge in [-0.05, 0) is 36.2 Å². The summed E-state index contributed by atoms with van der Waals surface area (Å²) in [6.45, 7) is 4.73. The van der Waals surface area contributed by atoms with Crippen LogP contribution >= 0.6 is 0 Å². The van der Waals surface area contributed by atoms with Gasteiger partial charge in [0.1, 0.15) is 0 Å².